The number of nitrogens with zero attached hydrogens (tertiary/aromatic N) is 4. The summed E-state index contributed by atoms with van der Waals surface area (Å²) in [4.78, 5) is 12.1. The first kappa shape index (κ1) is 8.44. The van der Waals surface area contributed by atoms with E-state index in [2.05, 4.69) is 15.0 Å². The quantitative estimate of drug-likeness (QED) is 0.557. The molecule has 3 rings (SSSR count). The number of aromatic nitrogens is 4. The third-order valence-electron chi connectivity index (χ3n) is 2.29. The van der Waals surface area contributed by atoms with E-state index in [-0.39, 0.29) is 5.28 Å². The Morgan fingerprint density at radius 2 is 2.07 bits per heavy atom. The van der Waals surface area contributed by atoms with Crippen molar-refractivity contribution in [3.05, 3.63) is 16.8 Å². The zero-order chi connectivity index (χ0) is 9.71. The lowest BCUT2D eigenvalue weighted by Crippen LogP contribution is -1.94. The maximum atomic E-state index is 5.89. The minimum atomic E-state index is 0.171. The van der Waals surface area contributed by atoms with Crippen LogP contribution in [0.15, 0.2) is 6.33 Å². The summed E-state index contributed by atoms with van der Waals surface area (Å²) in [6.07, 6.45) is 4.09. The topological polar surface area (TPSA) is 43.6 Å². The van der Waals surface area contributed by atoms with Gasteiger partial charge in [-0.1, -0.05) is 11.6 Å². The Morgan fingerprint density at radius 1 is 1.29 bits per heavy atom. The van der Waals surface area contributed by atoms with Crippen molar-refractivity contribution < 1.29 is 0 Å². The Morgan fingerprint density at radius 3 is 2.79 bits per heavy atom. The standard InChI is InChI=1S/C8H6Cl2N4/c9-6-5-7(13-8(10)12-6)14(3-11-5)4-1-2-4/h3-4H,1-2H2. The van der Waals surface area contributed by atoms with Gasteiger partial charge in [-0.15, -0.1) is 0 Å². The second-order valence-corrected chi connectivity index (χ2v) is 4.03. The van der Waals surface area contributed by atoms with Crippen molar-refractivity contribution in [3.63, 3.8) is 0 Å². The first-order chi connectivity index (χ1) is 6.75. The molecule has 2 heterocycles. The Balaban J connectivity index is 2.33. The van der Waals surface area contributed by atoms with E-state index in [9.17, 15) is 0 Å². The smallest absolute Gasteiger partial charge is 0.225 e. The minimum absolute atomic E-state index is 0.171. The van der Waals surface area contributed by atoms with E-state index in [0.29, 0.717) is 16.7 Å². The normalized spacial score (nSPS) is 16.4. The monoisotopic (exact) mass is 228 g/mol. The molecule has 0 spiro atoms. The van der Waals surface area contributed by atoms with Gasteiger partial charge in [0, 0.05) is 6.04 Å². The molecule has 14 heavy (non-hydrogen) atoms. The molecule has 1 fully saturated rings. The third kappa shape index (κ3) is 1.18. The van der Waals surface area contributed by atoms with Crippen LogP contribution in [0.2, 0.25) is 10.4 Å². The average molecular weight is 229 g/mol. The van der Waals surface area contributed by atoms with Gasteiger partial charge in [-0.25, -0.2) is 9.97 Å². The molecule has 0 unspecified atom stereocenters. The van der Waals surface area contributed by atoms with E-state index >= 15 is 0 Å². The number of hydrogen-bond donors (Lipinski definition) is 0. The van der Waals surface area contributed by atoms with Crippen LogP contribution in [-0.4, -0.2) is 19.5 Å². The predicted octanol–water partition coefficient (Wildman–Crippen LogP) is 2.47. The summed E-state index contributed by atoms with van der Waals surface area (Å²) in [6, 6.07) is 0.516. The molecule has 2 aromatic heterocycles. The van der Waals surface area contributed by atoms with Crippen LogP contribution in [0.3, 0.4) is 0 Å². The lowest BCUT2D eigenvalue weighted by Gasteiger charge is -1.99. The van der Waals surface area contributed by atoms with Crippen LogP contribution in [0.5, 0.6) is 0 Å². The van der Waals surface area contributed by atoms with Gasteiger partial charge < -0.3 is 4.57 Å². The Hall–Kier alpha value is -0.870. The summed E-state index contributed by atoms with van der Waals surface area (Å²) < 4.78 is 2.01. The molecule has 1 aliphatic rings. The lowest BCUT2D eigenvalue weighted by atomic mass is 10.5. The molecule has 0 aromatic carbocycles. The highest BCUT2D eigenvalue weighted by Crippen LogP contribution is 2.37. The molecular formula is C8H6Cl2N4. The SMILES string of the molecule is Clc1nc(Cl)c2ncn(C3CC3)c2n1. The maximum Gasteiger partial charge on any atom is 0.225 e. The van der Waals surface area contributed by atoms with Crippen molar-refractivity contribution in [3.8, 4) is 0 Å². The van der Waals surface area contributed by atoms with E-state index in [1.807, 2.05) is 4.57 Å². The van der Waals surface area contributed by atoms with E-state index in [1.165, 1.54) is 12.8 Å². The van der Waals surface area contributed by atoms with Crippen molar-refractivity contribution in [2.24, 2.45) is 0 Å². The number of imidazole rings is 1. The Kier molecular flexibility index (Phi) is 1.69. The number of hydrogen-bond acceptors (Lipinski definition) is 3. The first-order valence-corrected chi connectivity index (χ1v) is 5.07. The Bertz CT molecular complexity index is 503. The molecule has 1 aliphatic carbocycles. The predicted molar refractivity (Wildman–Crippen MR) is 53.6 cm³/mol. The van der Waals surface area contributed by atoms with Gasteiger partial charge in [-0.05, 0) is 24.4 Å². The lowest BCUT2D eigenvalue weighted by molar-refractivity contribution is 0.756. The fourth-order valence-electron chi connectivity index (χ4n) is 1.48. The second kappa shape index (κ2) is 2.81. The third-order valence-corrected chi connectivity index (χ3v) is 2.72. The van der Waals surface area contributed by atoms with Gasteiger partial charge in [0.25, 0.3) is 0 Å². The molecule has 0 N–H and O–H groups in total. The molecule has 4 nitrogen and oxygen atoms in total. The average Bonchev–Trinajstić information content (AvgIpc) is 2.87. The highest BCUT2D eigenvalue weighted by Gasteiger charge is 2.26. The summed E-state index contributed by atoms with van der Waals surface area (Å²) in [5.74, 6) is 0. The highest BCUT2D eigenvalue weighted by atomic mass is 35.5. The number of halogens is 2. The molecule has 0 atom stereocenters. The summed E-state index contributed by atoms with van der Waals surface area (Å²) in [5, 5.41) is 0.490. The van der Waals surface area contributed by atoms with Crippen molar-refractivity contribution in [2.75, 3.05) is 0 Å². The van der Waals surface area contributed by atoms with Crippen molar-refractivity contribution >= 4 is 34.4 Å². The van der Waals surface area contributed by atoms with Gasteiger partial charge in [0.05, 0.1) is 6.33 Å². The zero-order valence-corrected chi connectivity index (χ0v) is 8.63. The van der Waals surface area contributed by atoms with Crippen LogP contribution >= 0.6 is 23.2 Å². The van der Waals surface area contributed by atoms with Crippen LogP contribution in [0, 0.1) is 0 Å². The highest BCUT2D eigenvalue weighted by molar-refractivity contribution is 6.35. The van der Waals surface area contributed by atoms with Crippen molar-refractivity contribution in [1.29, 1.82) is 0 Å². The van der Waals surface area contributed by atoms with Crippen molar-refractivity contribution in [1.82, 2.24) is 19.5 Å². The molecule has 6 heteroatoms. The van der Waals surface area contributed by atoms with E-state index in [1.54, 1.807) is 6.33 Å². The molecule has 0 amide bonds. The summed E-state index contributed by atoms with van der Waals surface area (Å²) in [6.45, 7) is 0. The molecule has 0 bridgehead atoms. The van der Waals surface area contributed by atoms with Crippen LogP contribution in [0.4, 0.5) is 0 Å². The molecule has 0 aliphatic heterocycles. The maximum absolute atomic E-state index is 5.89. The minimum Gasteiger partial charge on any atom is -0.312 e. The summed E-state index contributed by atoms with van der Waals surface area (Å²) in [7, 11) is 0. The van der Waals surface area contributed by atoms with Crippen LogP contribution in [0.25, 0.3) is 11.2 Å². The summed E-state index contributed by atoms with van der Waals surface area (Å²) in [5.41, 5.74) is 1.36. The van der Waals surface area contributed by atoms with Crippen LogP contribution < -0.4 is 0 Å². The van der Waals surface area contributed by atoms with E-state index in [4.69, 9.17) is 23.2 Å². The van der Waals surface area contributed by atoms with Gasteiger partial charge >= 0.3 is 0 Å². The number of rotatable bonds is 1. The van der Waals surface area contributed by atoms with Crippen LogP contribution in [0.1, 0.15) is 18.9 Å². The van der Waals surface area contributed by atoms with Gasteiger partial charge in [-0.3, -0.25) is 0 Å². The van der Waals surface area contributed by atoms with Gasteiger partial charge in [0.1, 0.15) is 5.52 Å². The number of fused-ring (bicyclic) bond motifs is 1. The molecule has 2 aromatic rings. The van der Waals surface area contributed by atoms with Crippen molar-refractivity contribution in [2.45, 2.75) is 18.9 Å². The second-order valence-electron chi connectivity index (χ2n) is 3.34. The Labute approximate surface area is 89.9 Å². The summed E-state index contributed by atoms with van der Waals surface area (Å²) >= 11 is 11.6. The van der Waals surface area contributed by atoms with Gasteiger partial charge in [0.15, 0.2) is 10.8 Å². The molecule has 72 valence electrons. The molecule has 0 saturated heterocycles. The zero-order valence-electron chi connectivity index (χ0n) is 7.11. The fraction of sp³-hybridized carbons (Fsp3) is 0.375. The molecular weight excluding hydrogens is 223 g/mol. The van der Waals surface area contributed by atoms with E-state index in [0.717, 1.165) is 5.65 Å². The van der Waals surface area contributed by atoms with Crippen LogP contribution in [-0.2, 0) is 0 Å². The van der Waals surface area contributed by atoms with E-state index < -0.39 is 0 Å². The van der Waals surface area contributed by atoms with Gasteiger partial charge in [-0.2, -0.15) is 4.98 Å². The molecule has 0 radical (unpaired) electrons. The first-order valence-electron chi connectivity index (χ1n) is 4.31. The molecule has 1 saturated carbocycles. The van der Waals surface area contributed by atoms with Gasteiger partial charge in [0.2, 0.25) is 5.28 Å². The fourth-order valence-corrected chi connectivity index (χ4v) is 1.90. The largest absolute Gasteiger partial charge is 0.312 e.